The molecule has 0 aliphatic rings. The van der Waals surface area contributed by atoms with Gasteiger partial charge >= 0.3 is 5.97 Å². The number of benzene rings is 1. The third-order valence-corrected chi connectivity index (χ3v) is 3.06. The summed E-state index contributed by atoms with van der Waals surface area (Å²) < 4.78 is 19.2. The summed E-state index contributed by atoms with van der Waals surface area (Å²) >= 11 is 3.17. The summed E-state index contributed by atoms with van der Waals surface area (Å²) in [6.07, 6.45) is 0. The van der Waals surface area contributed by atoms with Gasteiger partial charge < -0.3 is 15.4 Å². The SMILES string of the molecule is CN(C)c1nc(N)nc(COC(=O)c2cc(Br)ccc2F)n1. The first kappa shape index (κ1) is 16.1. The highest BCUT2D eigenvalue weighted by Crippen LogP contribution is 2.17. The molecule has 0 amide bonds. The number of nitrogens with two attached hydrogens (primary N) is 1. The molecule has 0 aliphatic carbocycles. The number of hydrogen-bond donors (Lipinski definition) is 1. The molecule has 0 aliphatic heterocycles. The maximum absolute atomic E-state index is 13.6. The van der Waals surface area contributed by atoms with Crippen LogP contribution in [0.25, 0.3) is 0 Å². The molecule has 1 aromatic carbocycles. The molecule has 22 heavy (non-hydrogen) atoms. The van der Waals surface area contributed by atoms with E-state index >= 15 is 0 Å². The van der Waals surface area contributed by atoms with Crippen molar-refractivity contribution in [2.24, 2.45) is 0 Å². The Labute approximate surface area is 134 Å². The second-order valence-electron chi connectivity index (χ2n) is 4.50. The lowest BCUT2D eigenvalue weighted by Gasteiger charge is -2.11. The number of rotatable bonds is 4. The van der Waals surface area contributed by atoms with Crippen molar-refractivity contribution in [1.82, 2.24) is 15.0 Å². The Morgan fingerprint density at radius 1 is 1.36 bits per heavy atom. The second kappa shape index (κ2) is 6.65. The predicted octanol–water partition coefficient (Wildman–Crippen LogP) is 1.78. The van der Waals surface area contributed by atoms with E-state index in [2.05, 4.69) is 30.9 Å². The number of nitrogens with zero attached hydrogens (tertiary/aromatic N) is 4. The average molecular weight is 370 g/mol. The highest BCUT2D eigenvalue weighted by molar-refractivity contribution is 9.10. The quantitative estimate of drug-likeness (QED) is 0.820. The normalized spacial score (nSPS) is 10.4. The topological polar surface area (TPSA) is 94.2 Å². The number of carbonyl (C=O) groups excluding carboxylic acids is 1. The monoisotopic (exact) mass is 369 g/mol. The van der Waals surface area contributed by atoms with Gasteiger partial charge in [0.2, 0.25) is 11.9 Å². The Morgan fingerprint density at radius 3 is 2.77 bits per heavy atom. The van der Waals surface area contributed by atoms with Crippen molar-refractivity contribution in [3.63, 3.8) is 0 Å². The lowest BCUT2D eigenvalue weighted by Crippen LogP contribution is -2.17. The molecule has 0 saturated heterocycles. The lowest BCUT2D eigenvalue weighted by molar-refractivity contribution is 0.0456. The number of hydrogen-bond acceptors (Lipinski definition) is 7. The van der Waals surface area contributed by atoms with Crippen molar-refractivity contribution in [3.8, 4) is 0 Å². The minimum absolute atomic E-state index is 0.0124. The van der Waals surface area contributed by atoms with Crippen molar-refractivity contribution in [3.05, 3.63) is 39.9 Å². The van der Waals surface area contributed by atoms with Crippen molar-refractivity contribution >= 4 is 33.8 Å². The van der Waals surface area contributed by atoms with E-state index < -0.39 is 11.8 Å². The molecule has 2 aromatic rings. The first-order valence-corrected chi connectivity index (χ1v) is 6.96. The molecule has 116 valence electrons. The molecule has 0 spiro atoms. The maximum Gasteiger partial charge on any atom is 0.341 e. The average Bonchev–Trinajstić information content (AvgIpc) is 2.46. The largest absolute Gasteiger partial charge is 0.454 e. The summed E-state index contributed by atoms with van der Waals surface area (Å²) in [5, 5.41) is 0. The summed E-state index contributed by atoms with van der Waals surface area (Å²) in [4.78, 5) is 25.4. The van der Waals surface area contributed by atoms with Crippen LogP contribution in [-0.4, -0.2) is 35.0 Å². The number of ether oxygens (including phenoxy) is 1. The van der Waals surface area contributed by atoms with E-state index in [1.807, 2.05) is 0 Å². The molecule has 0 radical (unpaired) electrons. The molecule has 1 aromatic heterocycles. The van der Waals surface area contributed by atoms with Gasteiger partial charge in [0.1, 0.15) is 5.82 Å². The number of esters is 1. The molecular weight excluding hydrogens is 357 g/mol. The second-order valence-corrected chi connectivity index (χ2v) is 5.42. The highest BCUT2D eigenvalue weighted by atomic mass is 79.9. The number of carbonyl (C=O) groups is 1. The zero-order chi connectivity index (χ0) is 16.3. The van der Waals surface area contributed by atoms with Crippen LogP contribution in [0.15, 0.2) is 22.7 Å². The lowest BCUT2D eigenvalue weighted by atomic mass is 10.2. The maximum atomic E-state index is 13.6. The minimum atomic E-state index is -0.816. The van der Waals surface area contributed by atoms with Gasteiger partial charge in [0, 0.05) is 18.6 Å². The van der Waals surface area contributed by atoms with Gasteiger partial charge in [-0.1, -0.05) is 15.9 Å². The van der Waals surface area contributed by atoms with E-state index in [4.69, 9.17) is 10.5 Å². The van der Waals surface area contributed by atoms with Crippen molar-refractivity contribution in [1.29, 1.82) is 0 Å². The van der Waals surface area contributed by atoms with Gasteiger partial charge in [0.25, 0.3) is 0 Å². The third-order valence-electron chi connectivity index (χ3n) is 2.57. The van der Waals surface area contributed by atoms with Crippen LogP contribution < -0.4 is 10.6 Å². The summed E-state index contributed by atoms with van der Waals surface area (Å²) in [5.74, 6) is -0.952. The van der Waals surface area contributed by atoms with Crippen molar-refractivity contribution in [2.75, 3.05) is 24.7 Å². The van der Waals surface area contributed by atoms with Crippen LogP contribution >= 0.6 is 15.9 Å². The molecule has 0 bridgehead atoms. The van der Waals surface area contributed by atoms with Gasteiger partial charge in [0.05, 0.1) is 5.56 Å². The summed E-state index contributed by atoms with van der Waals surface area (Å²) in [6, 6.07) is 4.00. The van der Waals surface area contributed by atoms with E-state index in [9.17, 15) is 9.18 Å². The Kier molecular flexibility index (Phi) is 4.86. The number of nitrogen functional groups attached to an aromatic ring is 1. The van der Waals surface area contributed by atoms with Crippen LogP contribution in [0.4, 0.5) is 16.3 Å². The smallest absolute Gasteiger partial charge is 0.341 e. The summed E-state index contributed by atoms with van der Waals surface area (Å²) in [7, 11) is 3.48. The van der Waals surface area contributed by atoms with Crippen LogP contribution in [0, 0.1) is 5.82 Å². The predicted molar refractivity (Wildman–Crippen MR) is 81.8 cm³/mol. The fraction of sp³-hybridized carbons (Fsp3) is 0.231. The van der Waals surface area contributed by atoms with E-state index in [1.54, 1.807) is 19.0 Å². The molecule has 0 atom stereocenters. The first-order chi connectivity index (χ1) is 10.4. The van der Waals surface area contributed by atoms with Crippen molar-refractivity contribution < 1.29 is 13.9 Å². The molecule has 2 rings (SSSR count). The Hall–Kier alpha value is -2.29. The highest BCUT2D eigenvalue weighted by Gasteiger charge is 2.15. The summed E-state index contributed by atoms with van der Waals surface area (Å²) in [5.41, 5.74) is 5.39. The fourth-order valence-corrected chi connectivity index (χ4v) is 1.91. The number of halogens is 2. The fourth-order valence-electron chi connectivity index (χ4n) is 1.55. The van der Waals surface area contributed by atoms with Crippen LogP contribution in [0.2, 0.25) is 0 Å². The summed E-state index contributed by atoms with van der Waals surface area (Å²) in [6.45, 7) is -0.238. The first-order valence-electron chi connectivity index (χ1n) is 6.16. The van der Waals surface area contributed by atoms with E-state index in [1.165, 1.54) is 18.2 Å². The van der Waals surface area contributed by atoms with Gasteiger partial charge in [-0.25, -0.2) is 9.18 Å². The van der Waals surface area contributed by atoms with Gasteiger partial charge in [-0.05, 0) is 18.2 Å². The third kappa shape index (κ3) is 3.88. The van der Waals surface area contributed by atoms with Crippen LogP contribution in [0.3, 0.4) is 0 Å². The molecule has 2 N–H and O–H groups in total. The standard InChI is InChI=1S/C13H13BrFN5O2/c1-20(2)13-18-10(17-12(16)19-13)6-22-11(21)8-5-7(14)3-4-9(8)15/h3-5H,6H2,1-2H3,(H2,16,17,18,19). The number of anilines is 2. The van der Waals surface area contributed by atoms with E-state index in [-0.39, 0.29) is 23.9 Å². The van der Waals surface area contributed by atoms with Gasteiger partial charge in [-0.15, -0.1) is 0 Å². The molecule has 0 unspecified atom stereocenters. The van der Waals surface area contributed by atoms with Crippen molar-refractivity contribution in [2.45, 2.75) is 6.61 Å². The van der Waals surface area contributed by atoms with Gasteiger partial charge in [-0.2, -0.15) is 15.0 Å². The Morgan fingerprint density at radius 2 is 2.09 bits per heavy atom. The number of aromatic nitrogens is 3. The molecule has 7 nitrogen and oxygen atoms in total. The van der Waals surface area contributed by atoms with Crippen LogP contribution in [0.5, 0.6) is 0 Å². The van der Waals surface area contributed by atoms with Gasteiger partial charge in [-0.3, -0.25) is 0 Å². The Bertz CT molecular complexity index is 711. The zero-order valence-electron chi connectivity index (χ0n) is 11.9. The molecule has 0 saturated carbocycles. The molecule has 9 heteroatoms. The molecule has 0 fully saturated rings. The molecular formula is C13H13BrFN5O2. The zero-order valence-corrected chi connectivity index (χ0v) is 13.5. The van der Waals surface area contributed by atoms with E-state index in [0.29, 0.717) is 10.4 Å². The van der Waals surface area contributed by atoms with Crippen LogP contribution in [0.1, 0.15) is 16.2 Å². The van der Waals surface area contributed by atoms with E-state index in [0.717, 1.165) is 0 Å². The Balaban J connectivity index is 2.13. The minimum Gasteiger partial charge on any atom is -0.454 e. The van der Waals surface area contributed by atoms with Gasteiger partial charge in [0.15, 0.2) is 12.4 Å². The van der Waals surface area contributed by atoms with Crippen LogP contribution in [-0.2, 0) is 11.3 Å². The molecule has 1 heterocycles.